The highest BCUT2D eigenvalue weighted by Crippen LogP contribution is 2.13. The smallest absolute Gasteiger partial charge is 0.241 e. The highest BCUT2D eigenvalue weighted by atomic mass is 16.2. The van der Waals surface area contributed by atoms with Gasteiger partial charge < -0.3 is 15.1 Å². The minimum absolute atomic E-state index is 0.0241. The highest BCUT2D eigenvalue weighted by molar-refractivity contribution is 5.85. The lowest BCUT2D eigenvalue weighted by Crippen LogP contribution is -2.46. The van der Waals surface area contributed by atoms with Gasteiger partial charge in [0.15, 0.2) is 0 Å². The summed E-state index contributed by atoms with van der Waals surface area (Å²) in [7, 11) is 3.42. The van der Waals surface area contributed by atoms with Crippen molar-refractivity contribution in [1.82, 2.24) is 15.1 Å². The van der Waals surface area contributed by atoms with Gasteiger partial charge in [-0.3, -0.25) is 9.59 Å². The molecule has 1 rings (SSSR count). The molecule has 0 aliphatic carbocycles. The van der Waals surface area contributed by atoms with Crippen molar-refractivity contribution < 1.29 is 9.59 Å². The fourth-order valence-electron chi connectivity index (χ4n) is 1.97. The maximum Gasteiger partial charge on any atom is 0.241 e. The van der Waals surface area contributed by atoms with Gasteiger partial charge in [0, 0.05) is 27.2 Å². The van der Waals surface area contributed by atoms with E-state index in [0.29, 0.717) is 6.54 Å². The van der Waals surface area contributed by atoms with E-state index in [1.807, 2.05) is 6.92 Å². The minimum Gasteiger partial charge on any atom is -0.347 e. The third-order valence-electron chi connectivity index (χ3n) is 3.16. The fourth-order valence-corrected chi connectivity index (χ4v) is 1.97. The lowest BCUT2D eigenvalue weighted by molar-refractivity contribution is -0.142. The van der Waals surface area contributed by atoms with Crippen molar-refractivity contribution >= 4 is 11.8 Å². The summed E-state index contributed by atoms with van der Waals surface area (Å²) >= 11 is 0. The molecule has 98 valence electrons. The predicted molar refractivity (Wildman–Crippen MR) is 66.5 cm³/mol. The van der Waals surface area contributed by atoms with E-state index in [1.54, 1.807) is 19.0 Å². The van der Waals surface area contributed by atoms with Crippen LogP contribution in [0.15, 0.2) is 0 Å². The maximum absolute atomic E-state index is 12.2. The van der Waals surface area contributed by atoms with Crippen LogP contribution in [0.25, 0.3) is 0 Å². The molecule has 0 radical (unpaired) electrons. The van der Waals surface area contributed by atoms with Crippen molar-refractivity contribution in [2.75, 3.05) is 40.3 Å². The lowest BCUT2D eigenvalue weighted by Gasteiger charge is -2.29. The molecule has 0 spiro atoms. The Balaban J connectivity index is 2.53. The van der Waals surface area contributed by atoms with Crippen LogP contribution in [0.4, 0.5) is 0 Å². The third kappa shape index (κ3) is 4.00. The second-order valence-corrected chi connectivity index (χ2v) is 4.68. The molecule has 0 unspecified atom stereocenters. The maximum atomic E-state index is 12.2. The minimum atomic E-state index is -0.0241. The number of nitrogens with one attached hydrogen (secondary N) is 1. The summed E-state index contributed by atoms with van der Waals surface area (Å²) in [4.78, 5) is 27.0. The van der Waals surface area contributed by atoms with Crippen LogP contribution in [-0.2, 0) is 9.59 Å². The Morgan fingerprint density at radius 1 is 1.35 bits per heavy atom. The zero-order valence-corrected chi connectivity index (χ0v) is 11.0. The Morgan fingerprint density at radius 2 is 2.06 bits per heavy atom. The average molecular weight is 241 g/mol. The van der Waals surface area contributed by atoms with Gasteiger partial charge in [-0.1, -0.05) is 0 Å². The first-order chi connectivity index (χ1) is 8.06. The standard InChI is InChI=1S/C12H23N3O2/c1-4-15(9-11(16)14(2)3)12(17)10-6-5-7-13-8-10/h10,13H,4-9H2,1-3H3/t10-/m1/s1. The Hall–Kier alpha value is -1.10. The molecular weight excluding hydrogens is 218 g/mol. The van der Waals surface area contributed by atoms with E-state index in [2.05, 4.69) is 5.32 Å². The second kappa shape index (κ2) is 6.59. The molecule has 17 heavy (non-hydrogen) atoms. The zero-order valence-electron chi connectivity index (χ0n) is 11.0. The van der Waals surface area contributed by atoms with Crippen molar-refractivity contribution in [3.05, 3.63) is 0 Å². The van der Waals surface area contributed by atoms with E-state index in [-0.39, 0.29) is 24.3 Å². The Morgan fingerprint density at radius 3 is 2.53 bits per heavy atom. The van der Waals surface area contributed by atoms with Crippen molar-refractivity contribution in [2.24, 2.45) is 5.92 Å². The predicted octanol–water partition coefficient (Wildman–Crippen LogP) is -0.0773. The van der Waals surface area contributed by atoms with Gasteiger partial charge in [-0.15, -0.1) is 0 Å². The van der Waals surface area contributed by atoms with Crippen LogP contribution >= 0.6 is 0 Å². The highest BCUT2D eigenvalue weighted by Gasteiger charge is 2.26. The van der Waals surface area contributed by atoms with Crippen LogP contribution in [0.1, 0.15) is 19.8 Å². The summed E-state index contributed by atoms with van der Waals surface area (Å²) in [6, 6.07) is 0. The first-order valence-electron chi connectivity index (χ1n) is 6.26. The first-order valence-corrected chi connectivity index (χ1v) is 6.26. The van der Waals surface area contributed by atoms with Crippen molar-refractivity contribution in [1.29, 1.82) is 0 Å². The summed E-state index contributed by atoms with van der Waals surface area (Å²) in [5, 5.41) is 3.23. The van der Waals surface area contributed by atoms with Gasteiger partial charge in [0.25, 0.3) is 0 Å². The molecule has 0 saturated carbocycles. The van der Waals surface area contributed by atoms with Gasteiger partial charge in [-0.2, -0.15) is 0 Å². The van der Waals surface area contributed by atoms with Crippen LogP contribution in [0.3, 0.4) is 0 Å². The summed E-state index contributed by atoms with van der Waals surface area (Å²) in [5.74, 6) is 0.123. The first kappa shape index (κ1) is 14.0. The number of piperidine rings is 1. The Bertz CT molecular complexity index is 273. The second-order valence-electron chi connectivity index (χ2n) is 4.68. The van der Waals surface area contributed by atoms with Crippen LogP contribution in [0, 0.1) is 5.92 Å². The monoisotopic (exact) mass is 241 g/mol. The lowest BCUT2D eigenvalue weighted by atomic mass is 9.98. The number of rotatable bonds is 4. The van der Waals surface area contributed by atoms with E-state index in [4.69, 9.17) is 0 Å². The van der Waals surface area contributed by atoms with Gasteiger partial charge in [-0.05, 0) is 26.3 Å². The van der Waals surface area contributed by atoms with Gasteiger partial charge >= 0.3 is 0 Å². The number of amides is 2. The molecule has 0 aromatic rings. The number of hydrogen-bond donors (Lipinski definition) is 1. The Labute approximate surface area is 103 Å². The van der Waals surface area contributed by atoms with E-state index in [1.165, 1.54) is 4.90 Å². The summed E-state index contributed by atoms with van der Waals surface area (Å²) in [6.45, 7) is 4.43. The largest absolute Gasteiger partial charge is 0.347 e. The van der Waals surface area contributed by atoms with Gasteiger partial charge in [0.2, 0.25) is 11.8 Å². The number of carbonyl (C=O) groups is 2. The van der Waals surface area contributed by atoms with Crippen LogP contribution in [0.5, 0.6) is 0 Å². The molecule has 1 heterocycles. The fraction of sp³-hybridized carbons (Fsp3) is 0.833. The van der Waals surface area contributed by atoms with Crippen molar-refractivity contribution in [3.8, 4) is 0 Å². The van der Waals surface area contributed by atoms with Crippen molar-refractivity contribution in [2.45, 2.75) is 19.8 Å². The third-order valence-corrected chi connectivity index (χ3v) is 3.16. The Kier molecular flexibility index (Phi) is 5.41. The van der Waals surface area contributed by atoms with Gasteiger partial charge in [0.1, 0.15) is 0 Å². The molecule has 2 amide bonds. The molecule has 1 atom stereocenters. The number of nitrogens with zero attached hydrogens (tertiary/aromatic N) is 2. The molecule has 0 bridgehead atoms. The number of hydrogen-bond acceptors (Lipinski definition) is 3. The summed E-state index contributed by atoms with van der Waals surface area (Å²) < 4.78 is 0. The van der Waals surface area contributed by atoms with Crippen molar-refractivity contribution in [3.63, 3.8) is 0 Å². The van der Waals surface area contributed by atoms with Crippen LogP contribution in [-0.4, -0.2) is 61.9 Å². The van der Waals surface area contributed by atoms with Gasteiger partial charge in [0.05, 0.1) is 12.5 Å². The van der Waals surface area contributed by atoms with Crippen LogP contribution in [0.2, 0.25) is 0 Å². The van der Waals surface area contributed by atoms with Gasteiger partial charge in [-0.25, -0.2) is 0 Å². The van der Waals surface area contributed by atoms with Crippen LogP contribution < -0.4 is 5.32 Å². The molecule has 5 heteroatoms. The summed E-state index contributed by atoms with van der Waals surface area (Å²) in [5.41, 5.74) is 0. The molecule has 0 aromatic heterocycles. The van der Waals surface area contributed by atoms with E-state index in [9.17, 15) is 9.59 Å². The molecule has 1 aliphatic rings. The SMILES string of the molecule is CCN(CC(=O)N(C)C)C(=O)[C@@H]1CCCNC1. The quantitative estimate of drug-likeness (QED) is 0.749. The molecule has 1 fully saturated rings. The summed E-state index contributed by atoms with van der Waals surface area (Å²) in [6.07, 6.45) is 1.97. The molecule has 0 aromatic carbocycles. The molecule has 1 aliphatic heterocycles. The average Bonchev–Trinajstić information content (AvgIpc) is 2.35. The topological polar surface area (TPSA) is 52.7 Å². The molecular formula is C12H23N3O2. The number of carbonyl (C=O) groups excluding carboxylic acids is 2. The normalized spacial score (nSPS) is 19.8. The molecule has 5 nitrogen and oxygen atoms in total. The number of likely N-dealkylation sites (N-methyl/N-ethyl adjacent to an activating group) is 2. The molecule has 1 N–H and O–H groups in total. The van der Waals surface area contributed by atoms with E-state index >= 15 is 0 Å². The molecule has 1 saturated heterocycles. The zero-order chi connectivity index (χ0) is 12.8. The van der Waals surface area contributed by atoms with E-state index in [0.717, 1.165) is 25.9 Å². The van der Waals surface area contributed by atoms with E-state index < -0.39 is 0 Å².